The van der Waals surface area contributed by atoms with Crippen molar-refractivity contribution < 1.29 is 0 Å². The highest BCUT2D eigenvalue weighted by Crippen LogP contribution is 2.48. The van der Waals surface area contributed by atoms with Crippen molar-refractivity contribution in [2.24, 2.45) is 0 Å². The first-order valence-corrected chi connectivity index (χ1v) is 40.5. The molecule has 6 heterocycles. The third-order valence-corrected chi connectivity index (χ3v) is 22.8. The number of fused-ring (bicyclic) bond motifs is 13. The fourth-order valence-corrected chi connectivity index (χ4v) is 15.6. The summed E-state index contributed by atoms with van der Waals surface area (Å²) in [6, 6.07) is 80.1. The first-order chi connectivity index (χ1) is 53.5. The average molecular weight is 1500 g/mol. The maximum Gasteiger partial charge on any atom is 0.165 e. The highest BCUT2D eigenvalue weighted by atomic mass is 15.1. The molecule has 9 aromatic carbocycles. The number of nitrogens with one attached hydrogen (secondary N) is 2. The van der Waals surface area contributed by atoms with Crippen LogP contribution < -0.4 is 0 Å². The van der Waals surface area contributed by atoms with Gasteiger partial charge in [0.25, 0.3) is 0 Å². The van der Waals surface area contributed by atoms with E-state index in [4.69, 9.17) is 39.9 Å². The largest absolute Gasteiger partial charge is 0.324 e. The van der Waals surface area contributed by atoms with Gasteiger partial charge in [0.2, 0.25) is 0 Å². The number of hydrogen-bond acceptors (Lipinski definition) is 8. The molecular weight excluding hydrogens is 1390 g/mol. The first-order valence-electron chi connectivity index (χ1n) is 40.5. The van der Waals surface area contributed by atoms with Gasteiger partial charge in [-0.25, -0.2) is 39.9 Å². The third kappa shape index (κ3) is 15.3. The Bertz CT molecular complexity index is 6050. The first kappa shape index (κ1) is 77.9. The summed E-state index contributed by atoms with van der Waals surface area (Å²) < 4.78 is 0. The summed E-state index contributed by atoms with van der Waals surface area (Å²) in [7, 11) is 0. The van der Waals surface area contributed by atoms with Crippen LogP contribution in [0.15, 0.2) is 218 Å². The van der Waals surface area contributed by atoms with Crippen LogP contribution in [0, 0.1) is 0 Å². The van der Waals surface area contributed by atoms with E-state index in [2.05, 4.69) is 395 Å². The maximum absolute atomic E-state index is 6.10. The lowest BCUT2D eigenvalue weighted by atomic mass is 9.84. The van der Waals surface area contributed by atoms with E-state index in [9.17, 15) is 0 Å². The summed E-state index contributed by atoms with van der Waals surface area (Å²) in [5.41, 5.74) is 26.7. The molecule has 0 aliphatic carbocycles. The molecule has 10 heteroatoms. The molecule has 3 aromatic heterocycles. The highest BCUT2D eigenvalue weighted by Gasteiger charge is 2.34. The lowest BCUT2D eigenvalue weighted by molar-refractivity contribution is 0.590. The van der Waals surface area contributed by atoms with Crippen molar-refractivity contribution in [3.05, 3.63) is 308 Å². The molecule has 0 amide bonds. The molecule has 0 fully saturated rings. The fraction of sp³-hybridized carbons (Fsp3) is 0.308. The zero-order chi connectivity index (χ0) is 81.3. The molecule has 12 aromatic rings. The topological polar surface area (TPSA) is 135 Å². The Morgan fingerprint density at radius 1 is 0.167 bits per heavy atom. The minimum Gasteiger partial charge on any atom is -0.324 e. The fourth-order valence-electron chi connectivity index (χ4n) is 15.6. The van der Waals surface area contributed by atoms with Crippen molar-refractivity contribution in [1.82, 2.24) is 49.8 Å². The van der Waals surface area contributed by atoms with E-state index in [1.54, 1.807) is 0 Å². The van der Waals surface area contributed by atoms with Crippen LogP contribution in [0.4, 0.5) is 0 Å². The molecule has 15 rings (SSSR count). The Kier molecular flexibility index (Phi) is 19.4. The van der Waals surface area contributed by atoms with Gasteiger partial charge in [0.1, 0.15) is 22.6 Å². The molecular formula is C104H110N10. The standard InChI is InChI=1S/C104H110N10/c1-97(2,3)69-45-29-61(30-46-69)79-81(63-33-49-71(50-34-63)99(7,8)9)91-108-89(79)106-87-77-27-25-26-28-78(77)88(105-87)107-90-80(62-31-47-70(48-32-62)98(4,5)6)82(64-35-51-72(52-36-64)100(10,11)12)92(109-90)111-94-84(66-39-55-74(56-40-66)102(16,17)18)86(68-43-59-76(60-44-68)104(22,23)24)96(113-94)114-95-85(67-41-57-75(58-42-67)103(19,20)21)83(93(110-91)112-95)65-37-53-73(54-38-65)101(13,14)15/h25-60H,1-24H3,(H2,105,106,107,108,109,110,111,112,113,114). The van der Waals surface area contributed by atoms with E-state index >= 15 is 0 Å². The van der Waals surface area contributed by atoms with E-state index in [-0.39, 0.29) is 43.3 Å². The Morgan fingerprint density at radius 3 is 0.509 bits per heavy atom. The van der Waals surface area contributed by atoms with Crippen molar-refractivity contribution in [3.63, 3.8) is 0 Å². The van der Waals surface area contributed by atoms with Crippen LogP contribution in [0.2, 0.25) is 0 Å². The second kappa shape index (κ2) is 28.3. The van der Waals surface area contributed by atoms with Crippen LogP contribution in [-0.2, 0) is 43.3 Å². The minimum absolute atomic E-state index is 0.122. The predicted molar refractivity (Wildman–Crippen MR) is 477 cm³/mol. The van der Waals surface area contributed by atoms with Gasteiger partial charge in [0.05, 0.1) is 0 Å². The zero-order valence-electron chi connectivity index (χ0n) is 71.4. The second-order valence-corrected chi connectivity index (χ2v) is 39.6. The number of nitrogens with zero attached hydrogens (tertiary/aromatic N) is 8. The van der Waals surface area contributed by atoms with Gasteiger partial charge in [-0.15, -0.1) is 0 Å². The molecule has 10 nitrogen and oxygen atoms in total. The molecule has 3 aliphatic rings. The number of rotatable bonds is 8. The SMILES string of the molecule is CC(C)(C)c1ccc(C2=C(c3ccc(C(C)(C)C)cc3)c3nc2nc2nc(nc4[nH]c(nc5nc(nc6[nH]c(n3)c(-c3ccc(C(C)(C)C)cc3)c6-c3ccc(C(C)(C)C)cc3)C(c3ccc(C(C)(C)C)cc3)=C5c3ccc(C(C)(C)C)cc3)c(-c3ccc(C(C)(C)C)cc3)c4-c3ccc(C(C)(C)C)cc3)-c3ccccc3-2)cc1. The van der Waals surface area contributed by atoms with Gasteiger partial charge in [0.15, 0.2) is 34.9 Å². The Hall–Kier alpha value is -11.4. The molecule has 0 unspecified atom stereocenters. The molecule has 0 saturated heterocycles. The van der Waals surface area contributed by atoms with Crippen LogP contribution in [0.1, 0.15) is 256 Å². The number of benzene rings is 9. The van der Waals surface area contributed by atoms with Crippen LogP contribution in [0.3, 0.4) is 0 Å². The molecule has 10 bridgehead atoms. The van der Waals surface area contributed by atoms with Crippen molar-refractivity contribution in [2.75, 3.05) is 0 Å². The lowest BCUT2D eigenvalue weighted by Gasteiger charge is -2.20. The summed E-state index contributed by atoms with van der Waals surface area (Å²) in [5.74, 6) is 2.82. The maximum atomic E-state index is 6.10. The molecule has 0 spiro atoms. The average Bonchev–Trinajstić information content (AvgIpc) is 1.59. The molecule has 3 aliphatic heterocycles. The minimum atomic E-state index is -0.141. The summed E-state index contributed by atoms with van der Waals surface area (Å²) in [4.78, 5) is 55.2. The van der Waals surface area contributed by atoms with Crippen LogP contribution in [0.25, 0.3) is 112 Å². The zero-order valence-corrected chi connectivity index (χ0v) is 71.4. The third-order valence-electron chi connectivity index (χ3n) is 22.8. The normalized spacial score (nSPS) is 13.5. The van der Waals surface area contributed by atoms with Crippen molar-refractivity contribution in [1.29, 1.82) is 0 Å². The summed E-state index contributed by atoms with van der Waals surface area (Å²) in [6.45, 7) is 54.2. The predicted octanol–water partition coefficient (Wildman–Crippen LogP) is 26.5. The molecule has 0 saturated carbocycles. The number of hydrogen-bond donors (Lipinski definition) is 2. The monoisotopic (exact) mass is 1500 g/mol. The molecule has 114 heavy (non-hydrogen) atoms. The van der Waals surface area contributed by atoms with Gasteiger partial charge in [-0.2, -0.15) is 0 Å². The van der Waals surface area contributed by atoms with Crippen molar-refractivity contribution in [3.8, 4) is 67.3 Å². The Balaban J connectivity index is 1.21. The van der Waals surface area contributed by atoms with Crippen molar-refractivity contribution in [2.45, 2.75) is 209 Å². The second-order valence-electron chi connectivity index (χ2n) is 39.6. The van der Waals surface area contributed by atoms with Gasteiger partial charge in [-0.3, -0.25) is 0 Å². The van der Waals surface area contributed by atoms with Crippen LogP contribution in [0.5, 0.6) is 0 Å². The van der Waals surface area contributed by atoms with Gasteiger partial charge in [0, 0.05) is 55.7 Å². The van der Waals surface area contributed by atoms with Gasteiger partial charge >= 0.3 is 0 Å². The summed E-state index contributed by atoms with van der Waals surface area (Å²) >= 11 is 0. The van der Waals surface area contributed by atoms with E-state index < -0.39 is 0 Å². The number of H-pyrrole nitrogens is 2. The van der Waals surface area contributed by atoms with Crippen LogP contribution in [-0.4, -0.2) is 49.8 Å². The molecule has 0 radical (unpaired) electrons. The quantitative estimate of drug-likeness (QED) is 0.154. The van der Waals surface area contributed by atoms with Crippen LogP contribution >= 0.6 is 0 Å². The van der Waals surface area contributed by atoms with Gasteiger partial charge in [-0.1, -0.05) is 385 Å². The number of aromatic nitrogens is 10. The summed E-state index contributed by atoms with van der Waals surface area (Å²) in [6.07, 6.45) is 0. The molecule has 0 atom stereocenters. The Labute approximate surface area is 675 Å². The van der Waals surface area contributed by atoms with E-state index in [1.807, 2.05) is 0 Å². The van der Waals surface area contributed by atoms with Crippen molar-refractivity contribution >= 4 is 44.9 Å². The molecule has 576 valence electrons. The highest BCUT2D eigenvalue weighted by molar-refractivity contribution is 6.08. The van der Waals surface area contributed by atoms with E-state index in [0.29, 0.717) is 57.5 Å². The summed E-state index contributed by atoms with van der Waals surface area (Å²) in [5, 5.41) is 0. The molecule has 2 N–H and O–H groups in total. The number of aromatic amines is 2. The Morgan fingerprint density at radius 2 is 0.316 bits per heavy atom. The van der Waals surface area contributed by atoms with Gasteiger partial charge in [-0.05, 0) is 132 Å². The smallest absolute Gasteiger partial charge is 0.165 e. The lowest BCUT2D eigenvalue weighted by Crippen LogP contribution is -2.11. The van der Waals surface area contributed by atoms with Gasteiger partial charge < -0.3 is 9.97 Å². The van der Waals surface area contributed by atoms with E-state index in [0.717, 1.165) is 100 Å². The van der Waals surface area contributed by atoms with E-state index in [1.165, 1.54) is 44.5 Å².